The summed E-state index contributed by atoms with van der Waals surface area (Å²) in [7, 11) is 0. The van der Waals surface area contributed by atoms with Crippen molar-refractivity contribution in [3.05, 3.63) is 52.2 Å². The van der Waals surface area contributed by atoms with Gasteiger partial charge in [0.2, 0.25) is 0 Å². The molecule has 0 aliphatic heterocycles. The van der Waals surface area contributed by atoms with Crippen molar-refractivity contribution in [2.45, 2.75) is 45.8 Å². The Kier molecular flexibility index (Phi) is 8.13. The van der Waals surface area contributed by atoms with E-state index < -0.39 is 5.60 Å². The highest BCUT2D eigenvalue weighted by molar-refractivity contribution is 7.08. The average molecular weight is 390 g/mol. The van der Waals surface area contributed by atoms with Crippen LogP contribution in [0.25, 0.3) is 0 Å². The van der Waals surface area contributed by atoms with Crippen LogP contribution in [0, 0.1) is 0 Å². The van der Waals surface area contributed by atoms with Crippen LogP contribution in [0.3, 0.4) is 0 Å². The Balaban J connectivity index is 1.86. The van der Waals surface area contributed by atoms with E-state index >= 15 is 0 Å². The van der Waals surface area contributed by atoms with Crippen molar-refractivity contribution < 1.29 is 9.84 Å². The fourth-order valence-electron chi connectivity index (χ4n) is 2.57. The van der Waals surface area contributed by atoms with Crippen molar-refractivity contribution in [1.29, 1.82) is 0 Å². The smallest absolute Gasteiger partial charge is 0.191 e. The maximum Gasteiger partial charge on any atom is 0.191 e. The molecule has 0 bridgehead atoms. The van der Waals surface area contributed by atoms with Gasteiger partial charge in [0.15, 0.2) is 5.96 Å². The zero-order valence-corrected chi connectivity index (χ0v) is 17.5. The second kappa shape index (κ2) is 10.3. The van der Waals surface area contributed by atoms with E-state index in [1.807, 2.05) is 49.7 Å². The Labute approximate surface area is 166 Å². The molecule has 27 heavy (non-hydrogen) atoms. The number of ether oxygens (including phenoxy) is 1. The van der Waals surface area contributed by atoms with Crippen molar-refractivity contribution in [3.63, 3.8) is 0 Å². The molecular formula is C21H31N3O2S. The van der Waals surface area contributed by atoms with E-state index in [0.717, 1.165) is 30.8 Å². The van der Waals surface area contributed by atoms with Gasteiger partial charge in [-0.3, -0.25) is 0 Å². The van der Waals surface area contributed by atoms with Gasteiger partial charge in [-0.05, 0) is 74.2 Å². The number of nitrogens with one attached hydrogen (secondary N) is 2. The normalized spacial score (nSPS) is 14.1. The third-order valence-corrected chi connectivity index (χ3v) is 4.72. The molecule has 1 aromatic heterocycles. The molecule has 2 aromatic rings. The fourth-order valence-corrected chi connectivity index (χ4v) is 3.35. The molecule has 0 aliphatic carbocycles. The largest absolute Gasteiger partial charge is 0.491 e. The van der Waals surface area contributed by atoms with Crippen molar-refractivity contribution in [1.82, 2.24) is 10.6 Å². The van der Waals surface area contributed by atoms with E-state index in [0.29, 0.717) is 12.5 Å². The summed E-state index contributed by atoms with van der Waals surface area (Å²) in [5, 5.41) is 21.1. The molecule has 1 atom stereocenters. The Bertz CT molecular complexity index is 695. The van der Waals surface area contributed by atoms with E-state index in [-0.39, 0.29) is 6.10 Å². The minimum absolute atomic E-state index is 0.183. The lowest BCUT2D eigenvalue weighted by atomic mass is 10.00. The lowest BCUT2D eigenvalue weighted by Gasteiger charge is -2.21. The number of nitrogens with zero attached hydrogens (tertiary/aromatic N) is 1. The Morgan fingerprint density at radius 3 is 2.56 bits per heavy atom. The van der Waals surface area contributed by atoms with E-state index in [4.69, 9.17) is 4.74 Å². The molecule has 0 saturated carbocycles. The summed E-state index contributed by atoms with van der Waals surface area (Å²) in [4.78, 5) is 4.55. The predicted molar refractivity (Wildman–Crippen MR) is 114 cm³/mol. The first-order valence-corrected chi connectivity index (χ1v) is 10.4. The van der Waals surface area contributed by atoms with Crippen LogP contribution in [-0.2, 0) is 12.0 Å². The highest BCUT2D eigenvalue weighted by atomic mass is 32.1. The maximum absolute atomic E-state index is 10.6. The molecule has 2 rings (SSSR count). The van der Waals surface area contributed by atoms with Gasteiger partial charge < -0.3 is 20.5 Å². The number of rotatable bonds is 9. The molecule has 0 spiro atoms. The van der Waals surface area contributed by atoms with Crippen LogP contribution in [0.15, 0.2) is 46.1 Å². The van der Waals surface area contributed by atoms with Crippen LogP contribution < -0.4 is 15.4 Å². The molecular weight excluding hydrogens is 358 g/mol. The number of aliphatic imine (C=N–C) groups is 1. The SMILES string of the molecule is CCNC(=NCC(C)(O)c1ccsc1)NCCc1ccc(OC(C)C)cc1. The molecule has 0 saturated heterocycles. The number of hydrogen-bond acceptors (Lipinski definition) is 4. The molecule has 5 nitrogen and oxygen atoms in total. The average Bonchev–Trinajstić information content (AvgIpc) is 3.16. The number of hydrogen-bond donors (Lipinski definition) is 3. The van der Waals surface area contributed by atoms with Gasteiger partial charge in [-0.1, -0.05) is 12.1 Å². The Morgan fingerprint density at radius 2 is 1.96 bits per heavy atom. The van der Waals surface area contributed by atoms with Crippen LogP contribution in [0.5, 0.6) is 5.75 Å². The summed E-state index contributed by atoms with van der Waals surface area (Å²) >= 11 is 1.58. The maximum atomic E-state index is 10.6. The second-order valence-electron chi connectivity index (χ2n) is 6.97. The first-order valence-electron chi connectivity index (χ1n) is 9.43. The van der Waals surface area contributed by atoms with Crippen molar-refractivity contribution in [2.75, 3.05) is 19.6 Å². The number of benzene rings is 1. The van der Waals surface area contributed by atoms with E-state index in [1.165, 1.54) is 5.56 Å². The van der Waals surface area contributed by atoms with Crippen LogP contribution in [0.1, 0.15) is 38.8 Å². The molecule has 0 aliphatic rings. The first-order chi connectivity index (χ1) is 12.9. The van der Waals surface area contributed by atoms with Crippen LogP contribution in [0.2, 0.25) is 0 Å². The van der Waals surface area contributed by atoms with E-state index in [1.54, 1.807) is 18.3 Å². The van der Waals surface area contributed by atoms with Gasteiger partial charge in [0, 0.05) is 13.1 Å². The summed E-state index contributed by atoms with van der Waals surface area (Å²) in [5.41, 5.74) is 1.17. The van der Waals surface area contributed by atoms with Gasteiger partial charge in [-0.2, -0.15) is 11.3 Å². The summed E-state index contributed by atoms with van der Waals surface area (Å²) in [6.45, 7) is 9.71. The molecule has 3 N–H and O–H groups in total. The molecule has 1 unspecified atom stereocenters. The number of guanidine groups is 1. The molecule has 1 aromatic carbocycles. The third-order valence-electron chi connectivity index (χ3n) is 4.03. The van der Waals surface area contributed by atoms with Crippen molar-refractivity contribution in [2.24, 2.45) is 4.99 Å². The first kappa shape index (κ1) is 21.3. The molecule has 0 radical (unpaired) electrons. The summed E-state index contributed by atoms with van der Waals surface area (Å²) < 4.78 is 5.67. The quantitative estimate of drug-likeness (QED) is 0.453. The fraction of sp³-hybridized carbons (Fsp3) is 0.476. The zero-order chi connectivity index (χ0) is 19.7. The van der Waals surface area contributed by atoms with Gasteiger partial charge in [0.1, 0.15) is 11.4 Å². The minimum atomic E-state index is -0.964. The molecule has 6 heteroatoms. The Hall–Kier alpha value is -2.05. The van der Waals surface area contributed by atoms with Gasteiger partial charge in [0.05, 0.1) is 12.6 Å². The summed E-state index contributed by atoms with van der Waals surface area (Å²) in [6.07, 6.45) is 1.07. The van der Waals surface area contributed by atoms with Gasteiger partial charge in [-0.15, -0.1) is 0 Å². The highest BCUT2D eigenvalue weighted by Gasteiger charge is 2.23. The third kappa shape index (κ3) is 7.23. The second-order valence-corrected chi connectivity index (χ2v) is 7.75. The van der Waals surface area contributed by atoms with Gasteiger partial charge in [0.25, 0.3) is 0 Å². The van der Waals surface area contributed by atoms with E-state index in [2.05, 4.69) is 27.8 Å². The molecule has 0 amide bonds. The van der Waals surface area contributed by atoms with Crippen LogP contribution in [0.4, 0.5) is 0 Å². The minimum Gasteiger partial charge on any atom is -0.491 e. The Morgan fingerprint density at radius 1 is 1.22 bits per heavy atom. The molecule has 148 valence electrons. The standard InChI is InChI=1S/C21H31N3O2S/c1-5-22-20(24-15-21(4,25)18-11-13-27-14-18)23-12-10-17-6-8-19(9-7-17)26-16(2)3/h6-9,11,13-14,16,25H,5,10,12,15H2,1-4H3,(H2,22,23,24). The van der Waals surface area contributed by atoms with Gasteiger partial charge in [-0.25, -0.2) is 4.99 Å². The lowest BCUT2D eigenvalue weighted by Crippen LogP contribution is -2.39. The number of thiophene rings is 1. The molecule has 1 heterocycles. The van der Waals surface area contributed by atoms with E-state index in [9.17, 15) is 5.11 Å². The van der Waals surface area contributed by atoms with Crippen LogP contribution >= 0.6 is 11.3 Å². The number of aliphatic hydroxyl groups is 1. The van der Waals surface area contributed by atoms with Crippen LogP contribution in [-0.4, -0.2) is 36.8 Å². The lowest BCUT2D eigenvalue weighted by molar-refractivity contribution is 0.0677. The predicted octanol–water partition coefficient (Wildman–Crippen LogP) is 3.54. The van der Waals surface area contributed by atoms with Crippen molar-refractivity contribution in [3.8, 4) is 5.75 Å². The summed E-state index contributed by atoms with van der Waals surface area (Å²) in [6, 6.07) is 10.1. The highest BCUT2D eigenvalue weighted by Crippen LogP contribution is 2.23. The summed E-state index contributed by atoms with van der Waals surface area (Å²) in [5.74, 6) is 1.61. The van der Waals surface area contributed by atoms with Crippen molar-refractivity contribution >= 4 is 17.3 Å². The zero-order valence-electron chi connectivity index (χ0n) is 16.7. The monoisotopic (exact) mass is 389 g/mol. The molecule has 0 fully saturated rings. The topological polar surface area (TPSA) is 65.9 Å². The van der Waals surface area contributed by atoms with Gasteiger partial charge >= 0.3 is 0 Å².